The third-order valence-corrected chi connectivity index (χ3v) is 4.77. The van der Waals surface area contributed by atoms with E-state index < -0.39 is 18.0 Å². The molecule has 1 aliphatic rings. The van der Waals surface area contributed by atoms with Crippen LogP contribution < -0.4 is 0 Å². The van der Waals surface area contributed by atoms with Gasteiger partial charge in [-0.3, -0.25) is 4.79 Å². The Balaban J connectivity index is 1.70. The first-order valence-corrected chi connectivity index (χ1v) is 9.59. The zero-order chi connectivity index (χ0) is 21.5. The van der Waals surface area contributed by atoms with E-state index in [1.54, 1.807) is 24.3 Å². The molecule has 2 aromatic rings. The van der Waals surface area contributed by atoms with Crippen LogP contribution in [-0.2, 0) is 20.7 Å². The Morgan fingerprint density at radius 1 is 1.10 bits per heavy atom. The van der Waals surface area contributed by atoms with Crippen molar-refractivity contribution in [3.05, 3.63) is 96.1 Å². The second kappa shape index (κ2) is 9.69. The molecule has 0 unspecified atom stereocenters. The number of benzene rings is 2. The molecule has 30 heavy (non-hydrogen) atoms. The van der Waals surface area contributed by atoms with Crippen LogP contribution in [0.2, 0.25) is 0 Å². The first-order valence-electron chi connectivity index (χ1n) is 9.59. The number of cyclic esters (lactones) is 1. The third kappa shape index (κ3) is 4.84. The second-order valence-electron chi connectivity index (χ2n) is 6.83. The summed E-state index contributed by atoms with van der Waals surface area (Å²) in [6.07, 6.45) is 3.23. The number of fused-ring (bicyclic) bond motifs is 1. The van der Waals surface area contributed by atoms with Gasteiger partial charge in [-0.2, -0.15) is 0 Å². The van der Waals surface area contributed by atoms with Crippen LogP contribution in [0.4, 0.5) is 0 Å². The standard InChI is InChI=1S/C24H23NO5/c1-3-12-25(13-4-2)22(26)16-29-23(27)18-10-11-20-19(14-18)15-21(30-24(20)28)17-8-6-5-7-9-17/h3-11,14,21H,1-2,12-13,15-16H2/t21-/m0/s1. The second-order valence-corrected chi connectivity index (χ2v) is 6.83. The number of carbonyl (C=O) groups excluding carboxylic acids is 3. The molecule has 0 spiro atoms. The summed E-state index contributed by atoms with van der Waals surface area (Å²) in [6, 6.07) is 14.1. The first kappa shape index (κ1) is 21.0. The predicted molar refractivity (Wildman–Crippen MR) is 112 cm³/mol. The van der Waals surface area contributed by atoms with E-state index in [2.05, 4.69) is 13.2 Å². The lowest BCUT2D eigenvalue weighted by Crippen LogP contribution is -2.35. The highest BCUT2D eigenvalue weighted by Gasteiger charge is 2.28. The molecule has 0 fully saturated rings. The average molecular weight is 405 g/mol. The summed E-state index contributed by atoms with van der Waals surface area (Å²) in [5.41, 5.74) is 2.31. The lowest BCUT2D eigenvalue weighted by molar-refractivity contribution is -0.133. The maximum Gasteiger partial charge on any atom is 0.339 e. The van der Waals surface area contributed by atoms with Crippen molar-refractivity contribution in [2.75, 3.05) is 19.7 Å². The molecule has 6 heteroatoms. The Morgan fingerprint density at radius 3 is 2.47 bits per heavy atom. The van der Waals surface area contributed by atoms with Crippen LogP contribution >= 0.6 is 0 Å². The molecule has 0 radical (unpaired) electrons. The minimum Gasteiger partial charge on any atom is -0.454 e. The SMILES string of the molecule is C=CCN(CC=C)C(=O)COC(=O)c1ccc2c(c1)C[C@@H](c1ccccc1)OC2=O. The fourth-order valence-electron chi connectivity index (χ4n) is 3.27. The van der Waals surface area contributed by atoms with Crippen molar-refractivity contribution in [2.45, 2.75) is 12.5 Å². The normalized spacial score (nSPS) is 14.8. The number of rotatable bonds is 8. The van der Waals surface area contributed by atoms with E-state index in [0.717, 1.165) is 5.56 Å². The van der Waals surface area contributed by atoms with Gasteiger partial charge in [-0.1, -0.05) is 42.5 Å². The molecule has 0 N–H and O–H groups in total. The zero-order valence-corrected chi connectivity index (χ0v) is 16.6. The topological polar surface area (TPSA) is 72.9 Å². The largest absolute Gasteiger partial charge is 0.454 e. The van der Waals surface area contributed by atoms with Crippen molar-refractivity contribution in [1.29, 1.82) is 0 Å². The average Bonchev–Trinajstić information content (AvgIpc) is 2.77. The molecule has 0 saturated carbocycles. The van der Waals surface area contributed by atoms with Crippen LogP contribution in [-0.4, -0.2) is 42.4 Å². The molecule has 0 aromatic heterocycles. The highest BCUT2D eigenvalue weighted by Crippen LogP contribution is 2.31. The van der Waals surface area contributed by atoms with Crippen molar-refractivity contribution in [2.24, 2.45) is 0 Å². The number of hydrogen-bond acceptors (Lipinski definition) is 5. The number of amides is 1. The molecule has 3 rings (SSSR count). The molecule has 6 nitrogen and oxygen atoms in total. The Hall–Kier alpha value is -3.67. The van der Waals surface area contributed by atoms with Gasteiger partial charge in [0.2, 0.25) is 0 Å². The summed E-state index contributed by atoms with van der Waals surface area (Å²) in [5, 5.41) is 0. The summed E-state index contributed by atoms with van der Waals surface area (Å²) in [7, 11) is 0. The molecule has 0 aliphatic carbocycles. The van der Waals surface area contributed by atoms with E-state index in [-0.39, 0.29) is 18.1 Å². The molecular weight excluding hydrogens is 382 g/mol. The van der Waals surface area contributed by atoms with Crippen LogP contribution in [0.3, 0.4) is 0 Å². The van der Waals surface area contributed by atoms with E-state index in [0.29, 0.717) is 30.6 Å². The Labute approximate surface area is 175 Å². The molecular formula is C24H23NO5. The monoisotopic (exact) mass is 405 g/mol. The fourth-order valence-corrected chi connectivity index (χ4v) is 3.27. The van der Waals surface area contributed by atoms with Crippen LogP contribution in [0.5, 0.6) is 0 Å². The van der Waals surface area contributed by atoms with Gasteiger partial charge in [0.25, 0.3) is 5.91 Å². The van der Waals surface area contributed by atoms with E-state index in [4.69, 9.17) is 9.47 Å². The van der Waals surface area contributed by atoms with Crippen LogP contribution in [0.25, 0.3) is 0 Å². The quantitative estimate of drug-likeness (QED) is 0.497. The summed E-state index contributed by atoms with van der Waals surface area (Å²) in [6.45, 7) is 7.51. The molecule has 1 atom stereocenters. The van der Waals surface area contributed by atoms with E-state index >= 15 is 0 Å². The lowest BCUT2D eigenvalue weighted by atomic mass is 9.93. The minimum absolute atomic E-state index is 0.280. The molecule has 1 heterocycles. The summed E-state index contributed by atoms with van der Waals surface area (Å²) in [5.74, 6) is -1.39. The number of nitrogens with zero attached hydrogens (tertiary/aromatic N) is 1. The van der Waals surface area contributed by atoms with Gasteiger partial charge in [-0.05, 0) is 29.3 Å². The minimum atomic E-state index is -0.626. The summed E-state index contributed by atoms with van der Waals surface area (Å²) < 4.78 is 10.7. The molecule has 1 aliphatic heterocycles. The zero-order valence-electron chi connectivity index (χ0n) is 16.6. The lowest BCUT2D eigenvalue weighted by Gasteiger charge is -2.25. The van der Waals surface area contributed by atoms with Gasteiger partial charge in [0.05, 0.1) is 11.1 Å². The predicted octanol–water partition coefficient (Wildman–Crippen LogP) is 3.50. The van der Waals surface area contributed by atoms with Crippen molar-refractivity contribution in [3.8, 4) is 0 Å². The van der Waals surface area contributed by atoms with Gasteiger partial charge >= 0.3 is 11.9 Å². The summed E-state index contributed by atoms with van der Waals surface area (Å²) in [4.78, 5) is 38.5. The van der Waals surface area contributed by atoms with Crippen molar-refractivity contribution in [3.63, 3.8) is 0 Å². The maximum absolute atomic E-state index is 12.5. The molecule has 0 saturated heterocycles. The van der Waals surface area contributed by atoms with Gasteiger partial charge in [0.15, 0.2) is 6.61 Å². The molecule has 0 bridgehead atoms. The first-order chi connectivity index (χ1) is 14.5. The molecule has 154 valence electrons. The Morgan fingerprint density at radius 2 is 1.80 bits per heavy atom. The maximum atomic E-state index is 12.5. The number of ether oxygens (including phenoxy) is 2. The number of esters is 2. The third-order valence-electron chi connectivity index (χ3n) is 4.77. The Bertz CT molecular complexity index is 957. The van der Waals surface area contributed by atoms with Gasteiger partial charge in [0, 0.05) is 19.5 Å². The van der Waals surface area contributed by atoms with Crippen molar-refractivity contribution < 1.29 is 23.9 Å². The van der Waals surface area contributed by atoms with Gasteiger partial charge in [-0.25, -0.2) is 9.59 Å². The van der Waals surface area contributed by atoms with E-state index in [9.17, 15) is 14.4 Å². The van der Waals surface area contributed by atoms with Crippen molar-refractivity contribution in [1.82, 2.24) is 4.90 Å². The molecule has 2 aromatic carbocycles. The highest BCUT2D eigenvalue weighted by atomic mass is 16.5. The summed E-state index contributed by atoms with van der Waals surface area (Å²) >= 11 is 0. The van der Waals surface area contributed by atoms with Gasteiger partial charge < -0.3 is 14.4 Å². The van der Waals surface area contributed by atoms with Crippen LogP contribution in [0.1, 0.15) is 37.9 Å². The van der Waals surface area contributed by atoms with Gasteiger partial charge in [0.1, 0.15) is 6.10 Å². The van der Waals surface area contributed by atoms with Crippen molar-refractivity contribution >= 4 is 17.8 Å². The smallest absolute Gasteiger partial charge is 0.339 e. The van der Waals surface area contributed by atoms with Crippen LogP contribution in [0.15, 0.2) is 73.8 Å². The molecule has 1 amide bonds. The van der Waals surface area contributed by atoms with E-state index in [1.807, 2.05) is 30.3 Å². The van der Waals surface area contributed by atoms with Crippen LogP contribution in [0, 0.1) is 0 Å². The highest BCUT2D eigenvalue weighted by molar-refractivity contribution is 5.96. The number of carbonyl (C=O) groups is 3. The fraction of sp³-hybridized carbons (Fsp3) is 0.208. The van der Waals surface area contributed by atoms with E-state index in [1.165, 1.54) is 11.0 Å². The Kier molecular flexibility index (Phi) is 6.80. The van der Waals surface area contributed by atoms with Gasteiger partial charge in [-0.15, -0.1) is 13.2 Å². The number of hydrogen-bond donors (Lipinski definition) is 0.